The van der Waals surface area contributed by atoms with Gasteiger partial charge in [0.2, 0.25) is 5.91 Å². The lowest BCUT2D eigenvalue weighted by Crippen LogP contribution is -2.47. The number of rotatable bonds is 4. The largest absolute Gasteiger partial charge is 0.379 e. The van der Waals surface area contributed by atoms with Crippen LogP contribution in [0.4, 0.5) is 0 Å². The maximum atomic E-state index is 12.2. The van der Waals surface area contributed by atoms with Crippen molar-refractivity contribution in [2.45, 2.75) is 19.3 Å². The van der Waals surface area contributed by atoms with Crippen LogP contribution in [0.25, 0.3) is 0 Å². The second kappa shape index (κ2) is 7.36. The van der Waals surface area contributed by atoms with Crippen LogP contribution < -0.4 is 0 Å². The summed E-state index contributed by atoms with van der Waals surface area (Å²) in [5.41, 5.74) is 0. The van der Waals surface area contributed by atoms with Gasteiger partial charge in [0.1, 0.15) is 5.78 Å². The number of morpholine rings is 1. The lowest BCUT2D eigenvalue weighted by atomic mass is 9.91. The van der Waals surface area contributed by atoms with Crippen molar-refractivity contribution in [2.24, 2.45) is 5.92 Å². The maximum Gasteiger partial charge on any atom is 0.236 e. The molecule has 20 heavy (non-hydrogen) atoms. The Morgan fingerprint density at radius 3 is 2.40 bits per heavy atom. The Labute approximate surface area is 119 Å². The van der Waals surface area contributed by atoms with Crippen LogP contribution in [0, 0.1) is 17.2 Å². The number of carbonyl (C=O) groups excluding carboxylic acids is 2. The standard InChI is InChI=1S/C14H21N3O3/c15-4-1-13(18)12-2-5-17(6-3-12)14(19)11-16-7-9-20-10-8-16/h12H,1-3,5-11H2. The minimum absolute atomic E-state index is 0.00755. The fraction of sp³-hybridized carbons (Fsp3) is 0.786. The minimum atomic E-state index is -0.0397. The molecule has 0 radical (unpaired) electrons. The SMILES string of the molecule is N#CCC(=O)C1CCN(C(=O)CN2CCOCC2)CC1. The molecule has 0 aromatic heterocycles. The molecule has 0 aliphatic carbocycles. The van der Waals surface area contributed by atoms with Crippen molar-refractivity contribution in [1.29, 1.82) is 5.26 Å². The van der Waals surface area contributed by atoms with Crippen LogP contribution in [0.15, 0.2) is 0 Å². The van der Waals surface area contributed by atoms with E-state index in [1.165, 1.54) is 0 Å². The van der Waals surface area contributed by atoms with E-state index in [0.29, 0.717) is 45.7 Å². The van der Waals surface area contributed by atoms with E-state index in [9.17, 15) is 9.59 Å². The molecular formula is C14H21N3O3. The number of Topliss-reactive ketones (excluding diaryl/α,β-unsaturated/α-hetero) is 1. The van der Waals surface area contributed by atoms with Gasteiger partial charge in [-0.15, -0.1) is 0 Å². The number of ketones is 1. The Hall–Kier alpha value is -1.45. The summed E-state index contributed by atoms with van der Waals surface area (Å²) in [7, 11) is 0. The molecular weight excluding hydrogens is 258 g/mol. The highest BCUT2D eigenvalue weighted by Gasteiger charge is 2.27. The van der Waals surface area contributed by atoms with E-state index in [4.69, 9.17) is 10.00 Å². The van der Waals surface area contributed by atoms with Crippen molar-refractivity contribution in [1.82, 2.24) is 9.80 Å². The third kappa shape index (κ3) is 4.02. The Bertz CT molecular complexity index is 391. The van der Waals surface area contributed by atoms with E-state index in [-0.39, 0.29) is 24.0 Å². The lowest BCUT2D eigenvalue weighted by molar-refractivity contribution is -0.136. The van der Waals surface area contributed by atoms with Gasteiger partial charge in [-0.1, -0.05) is 0 Å². The van der Waals surface area contributed by atoms with E-state index < -0.39 is 0 Å². The van der Waals surface area contributed by atoms with Gasteiger partial charge >= 0.3 is 0 Å². The van der Waals surface area contributed by atoms with Gasteiger partial charge in [0.05, 0.1) is 32.2 Å². The number of nitrogens with zero attached hydrogens (tertiary/aromatic N) is 3. The topological polar surface area (TPSA) is 73.6 Å². The molecule has 0 bridgehead atoms. The fourth-order valence-electron chi connectivity index (χ4n) is 2.72. The molecule has 6 heteroatoms. The number of amides is 1. The Kier molecular flexibility index (Phi) is 5.50. The van der Waals surface area contributed by atoms with Gasteiger partial charge in [-0.05, 0) is 12.8 Å². The van der Waals surface area contributed by atoms with Crippen LogP contribution in [0.5, 0.6) is 0 Å². The molecule has 2 heterocycles. The molecule has 1 amide bonds. The molecule has 0 unspecified atom stereocenters. The number of hydrogen-bond donors (Lipinski definition) is 0. The highest BCUT2D eigenvalue weighted by atomic mass is 16.5. The van der Waals surface area contributed by atoms with E-state index in [2.05, 4.69) is 4.90 Å². The lowest BCUT2D eigenvalue weighted by Gasteiger charge is -2.33. The monoisotopic (exact) mass is 279 g/mol. The molecule has 2 rings (SSSR count). The summed E-state index contributed by atoms with van der Waals surface area (Å²) in [5, 5.41) is 8.54. The summed E-state index contributed by atoms with van der Waals surface area (Å²) in [5.74, 6) is 0.118. The summed E-state index contributed by atoms with van der Waals surface area (Å²) in [4.78, 5) is 27.8. The molecule has 2 fully saturated rings. The maximum absolute atomic E-state index is 12.2. The molecule has 0 aromatic carbocycles. The third-order valence-corrected chi connectivity index (χ3v) is 4.02. The van der Waals surface area contributed by atoms with Gasteiger partial charge in [-0.2, -0.15) is 5.26 Å². The third-order valence-electron chi connectivity index (χ3n) is 4.02. The molecule has 2 saturated heterocycles. The molecule has 110 valence electrons. The van der Waals surface area contributed by atoms with Gasteiger partial charge < -0.3 is 9.64 Å². The summed E-state index contributed by atoms with van der Waals surface area (Å²) in [6, 6.07) is 1.90. The van der Waals surface area contributed by atoms with Crippen LogP contribution in [0.3, 0.4) is 0 Å². The number of carbonyl (C=O) groups is 2. The predicted octanol–water partition coefficient (Wildman–Crippen LogP) is 0.0400. The predicted molar refractivity (Wildman–Crippen MR) is 71.8 cm³/mol. The molecule has 0 atom stereocenters. The number of likely N-dealkylation sites (tertiary alicyclic amines) is 1. The molecule has 2 aliphatic rings. The number of ether oxygens (including phenoxy) is 1. The second-order valence-corrected chi connectivity index (χ2v) is 5.34. The first-order valence-corrected chi connectivity index (χ1v) is 7.18. The van der Waals surface area contributed by atoms with Crippen molar-refractivity contribution in [3.8, 4) is 6.07 Å². The Morgan fingerprint density at radius 1 is 1.15 bits per heavy atom. The molecule has 0 spiro atoms. The van der Waals surface area contributed by atoms with Crippen molar-refractivity contribution >= 4 is 11.7 Å². The second-order valence-electron chi connectivity index (χ2n) is 5.34. The smallest absolute Gasteiger partial charge is 0.236 e. The van der Waals surface area contributed by atoms with Crippen LogP contribution in [0.2, 0.25) is 0 Å². The minimum Gasteiger partial charge on any atom is -0.379 e. The number of piperidine rings is 1. The first-order chi connectivity index (χ1) is 9.70. The Morgan fingerprint density at radius 2 is 1.80 bits per heavy atom. The molecule has 0 aromatic rings. The fourth-order valence-corrected chi connectivity index (χ4v) is 2.72. The van der Waals surface area contributed by atoms with Crippen molar-refractivity contribution in [2.75, 3.05) is 45.9 Å². The number of nitriles is 1. The van der Waals surface area contributed by atoms with E-state index >= 15 is 0 Å². The van der Waals surface area contributed by atoms with Gasteiger partial charge in [0, 0.05) is 32.1 Å². The van der Waals surface area contributed by atoms with Crippen molar-refractivity contribution in [3.63, 3.8) is 0 Å². The van der Waals surface area contributed by atoms with Crippen LogP contribution in [-0.4, -0.2) is 67.4 Å². The van der Waals surface area contributed by atoms with E-state index in [1.54, 1.807) is 0 Å². The first-order valence-electron chi connectivity index (χ1n) is 7.18. The zero-order chi connectivity index (χ0) is 14.4. The summed E-state index contributed by atoms with van der Waals surface area (Å²) in [6.07, 6.45) is 1.37. The molecule has 0 saturated carbocycles. The normalized spacial score (nSPS) is 21.4. The Balaban J connectivity index is 1.74. The van der Waals surface area contributed by atoms with E-state index in [0.717, 1.165) is 13.1 Å². The zero-order valence-electron chi connectivity index (χ0n) is 11.7. The quantitative estimate of drug-likeness (QED) is 0.726. The molecule has 0 N–H and O–H groups in total. The molecule has 2 aliphatic heterocycles. The summed E-state index contributed by atoms with van der Waals surface area (Å²) in [6.45, 7) is 4.71. The molecule has 6 nitrogen and oxygen atoms in total. The average molecular weight is 279 g/mol. The van der Waals surface area contributed by atoms with Crippen LogP contribution >= 0.6 is 0 Å². The summed E-state index contributed by atoms with van der Waals surface area (Å²) < 4.78 is 5.26. The zero-order valence-corrected chi connectivity index (χ0v) is 11.7. The van der Waals surface area contributed by atoms with Crippen molar-refractivity contribution in [3.05, 3.63) is 0 Å². The van der Waals surface area contributed by atoms with Gasteiger partial charge in [-0.25, -0.2) is 0 Å². The number of hydrogen-bond acceptors (Lipinski definition) is 5. The van der Waals surface area contributed by atoms with Crippen LogP contribution in [-0.2, 0) is 14.3 Å². The van der Waals surface area contributed by atoms with E-state index in [1.807, 2.05) is 11.0 Å². The van der Waals surface area contributed by atoms with Gasteiger partial charge in [-0.3, -0.25) is 14.5 Å². The summed E-state index contributed by atoms with van der Waals surface area (Å²) >= 11 is 0. The average Bonchev–Trinajstić information content (AvgIpc) is 2.48. The first kappa shape index (κ1) is 14.9. The van der Waals surface area contributed by atoms with Crippen molar-refractivity contribution < 1.29 is 14.3 Å². The van der Waals surface area contributed by atoms with Crippen LogP contribution in [0.1, 0.15) is 19.3 Å². The highest BCUT2D eigenvalue weighted by Crippen LogP contribution is 2.19. The van der Waals surface area contributed by atoms with Gasteiger partial charge in [0.15, 0.2) is 0 Å². The highest BCUT2D eigenvalue weighted by molar-refractivity contribution is 5.83. The van der Waals surface area contributed by atoms with Gasteiger partial charge in [0.25, 0.3) is 0 Å².